The predicted octanol–water partition coefficient (Wildman–Crippen LogP) is 4.43. The van der Waals surface area contributed by atoms with E-state index in [0.29, 0.717) is 82.6 Å². The molecule has 5 rings (SSSR count). The summed E-state index contributed by atoms with van der Waals surface area (Å²) in [5.41, 5.74) is 0.796. The zero-order valence-electron chi connectivity index (χ0n) is 23.7. The van der Waals surface area contributed by atoms with E-state index in [-0.39, 0.29) is 42.0 Å². The summed E-state index contributed by atoms with van der Waals surface area (Å²) in [6, 6.07) is 10.8. The number of rotatable bonds is 6. The second-order valence-electron chi connectivity index (χ2n) is 11.0. The van der Waals surface area contributed by atoms with Crippen LogP contribution < -0.4 is 10.6 Å². The lowest BCUT2D eigenvalue weighted by Gasteiger charge is -2.35. The van der Waals surface area contributed by atoms with E-state index in [1.807, 2.05) is 0 Å². The maximum Gasteiger partial charge on any atom is 0.429 e. The largest absolute Gasteiger partial charge is 0.429 e. The topological polar surface area (TPSA) is 111 Å². The van der Waals surface area contributed by atoms with E-state index < -0.39 is 23.8 Å². The molecule has 3 aliphatic rings. The molecular formula is C30H36ClF2N5O5. The van der Waals surface area contributed by atoms with Crippen LogP contribution in [0.5, 0.6) is 0 Å². The number of hydrogen-bond donors (Lipinski definition) is 2. The fourth-order valence-electron chi connectivity index (χ4n) is 5.81. The number of carbonyl (C=O) groups is 4. The number of hydroxylamine groups is 2. The molecule has 0 unspecified atom stereocenters. The average Bonchev–Trinajstić information content (AvgIpc) is 3.48. The number of nitrogens with one attached hydrogen (secondary N) is 2. The fourth-order valence-corrected chi connectivity index (χ4v) is 5.81. The monoisotopic (exact) mass is 619 g/mol. The first-order chi connectivity index (χ1) is 20.3. The number of halogens is 3. The number of carbonyl (C=O) groups excluding carboxylic acids is 4. The van der Waals surface area contributed by atoms with Crippen molar-refractivity contribution in [3.05, 3.63) is 60.2 Å². The molecule has 43 heavy (non-hydrogen) atoms. The Kier molecular flexibility index (Phi) is 10.9. The van der Waals surface area contributed by atoms with Gasteiger partial charge in [-0.2, -0.15) is 0 Å². The summed E-state index contributed by atoms with van der Waals surface area (Å²) in [6.07, 6.45) is 2.53. The van der Waals surface area contributed by atoms with Crippen LogP contribution in [0, 0.1) is 23.5 Å². The highest BCUT2D eigenvalue weighted by molar-refractivity contribution is 5.93. The molecule has 13 heteroatoms. The molecule has 3 heterocycles. The Morgan fingerprint density at radius 2 is 1.23 bits per heavy atom. The van der Waals surface area contributed by atoms with Crippen LogP contribution in [0.2, 0.25) is 0 Å². The summed E-state index contributed by atoms with van der Waals surface area (Å²) < 4.78 is 26.8. The molecule has 10 nitrogen and oxygen atoms in total. The third-order valence-corrected chi connectivity index (χ3v) is 8.17. The lowest BCUT2D eigenvalue weighted by atomic mass is 9.95. The van der Waals surface area contributed by atoms with Crippen LogP contribution in [-0.2, 0) is 19.2 Å². The van der Waals surface area contributed by atoms with Gasteiger partial charge in [-0.3, -0.25) is 19.3 Å². The number of piperidine rings is 2. The maximum absolute atomic E-state index is 13.4. The lowest BCUT2D eigenvalue weighted by Crippen LogP contribution is -2.52. The molecule has 3 aliphatic heterocycles. The van der Waals surface area contributed by atoms with Gasteiger partial charge in [-0.1, -0.05) is 12.1 Å². The molecular weight excluding hydrogens is 584 g/mol. The van der Waals surface area contributed by atoms with Gasteiger partial charge >= 0.3 is 6.09 Å². The Morgan fingerprint density at radius 3 is 1.74 bits per heavy atom. The minimum Gasteiger partial charge on any atom is -0.351 e. The SMILES string of the molecule is Cl.O=C(Nc1cccc(F)c1)C1CCN(OC(=O)N2CCC[C@H]2C(=O)N2CCC(C(=O)Nc3cccc(F)c3)CC2)CC1. The summed E-state index contributed by atoms with van der Waals surface area (Å²) in [6.45, 7) is 1.93. The van der Waals surface area contributed by atoms with Gasteiger partial charge in [-0.25, -0.2) is 13.6 Å². The fraction of sp³-hybridized carbons (Fsp3) is 0.467. The van der Waals surface area contributed by atoms with Crippen molar-refractivity contribution in [3.8, 4) is 0 Å². The number of likely N-dealkylation sites (tertiary alicyclic amines) is 2. The van der Waals surface area contributed by atoms with Crippen molar-refractivity contribution in [2.45, 2.75) is 44.6 Å². The quantitative estimate of drug-likeness (QED) is 0.495. The Morgan fingerprint density at radius 1 is 0.721 bits per heavy atom. The smallest absolute Gasteiger partial charge is 0.351 e. The summed E-state index contributed by atoms with van der Waals surface area (Å²) in [4.78, 5) is 60.4. The van der Waals surface area contributed by atoms with Gasteiger partial charge in [-0.05, 0) is 74.9 Å². The average molecular weight is 620 g/mol. The first kappa shape index (κ1) is 32.2. The molecule has 0 radical (unpaired) electrons. The van der Waals surface area contributed by atoms with Crippen LogP contribution in [0.15, 0.2) is 48.5 Å². The van der Waals surface area contributed by atoms with Gasteiger partial charge in [0.05, 0.1) is 0 Å². The van der Waals surface area contributed by atoms with Crippen molar-refractivity contribution in [2.75, 3.05) is 43.4 Å². The van der Waals surface area contributed by atoms with Crippen molar-refractivity contribution in [2.24, 2.45) is 11.8 Å². The number of hydrogen-bond acceptors (Lipinski definition) is 6. The summed E-state index contributed by atoms with van der Waals surface area (Å²) in [7, 11) is 0. The van der Waals surface area contributed by atoms with E-state index >= 15 is 0 Å². The highest BCUT2D eigenvalue weighted by atomic mass is 35.5. The standard InChI is InChI=1S/C30H35F2N5O5.ClH/c31-22-4-1-6-24(18-22)33-27(38)20-9-14-35(15-10-20)29(40)26-8-3-13-37(26)30(41)42-36-16-11-21(12-17-36)28(39)34-25-7-2-5-23(32)19-25;/h1-2,4-7,18-21,26H,3,8-17H2,(H,33,38)(H,34,39);1H/t26-;/m0./s1. The van der Waals surface area contributed by atoms with Crippen molar-refractivity contribution < 1.29 is 32.8 Å². The van der Waals surface area contributed by atoms with Crippen LogP contribution in [0.3, 0.4) is 0 Å². The summed E-state index contributed by atoms with van der Waals surface area (Å²) >= 11 is 0. The lowest BCUT2D eigenvalue weighted by molar-refractivity contribution is -0.147. The second kappa shape index (κ2) is 14.6. The third kappa shape index (κ3) is 8.20. The molecule has 3 fully saturated rings. The molecule has 2 aromatic rings. The van der Waals surface area contributed by atoms with Crippen molar-refractivity contribution >= 4 is 47.6 Å². The number of nitrogens with zero attached hydrogens (tertiary/aromatic N) is 3. The number of anilines is 2. The maximum atomic E-state index is 13.4. The first-order valence-electron chi connectivity index (χ1n) is 14.4. The van der Waals surface area contributed by atoms with Gasteiger partial charge in [0, 0.05) is 55.9 Å². The molecule has 4 amide bonds. The number of benzene rings is 2. The van der Waals surface area contributed by atoms with E-state index in [1.165, 1.54) is 46.4 Å². The van der Waals surface area contributed by atoms with Crippen molar-refractivity contribution in [1.82, 2.24) is 14.9 Å². The van der Waals surface area contributed by atoms with E-state index in [1.54, 1.807) is 17.0 Å². The highest BCUT2D eigenvalue weighted by Gasteiger charge is 2.40. The van der Waals surface area contributed by atoms with Gasteiger partial charge in [0.1, 0.15) is 17.7 Å². The molecule has 1 atom stereocenters. The molecule has 0 spiro atoms. The minimum absolute atomic E-state index is 0. The first-order valence-corrected chi connectivity index (χ1v) is 14.4. The van der Waals surface area contributed by atoms with Gasteiger partial charge in [0.15, 0.2) is 0 Å². The molecule has 232 valence electrons. The van der Waals surface area contributed by atoms with Gasteiger partial charge in [-0.15, -0.1) is 17.5 Å². The van der Waals surface area contributed by atoms with Crippen LogP contribution in [0.4, 0.5) is 25.0 Å². The van der Waals surface area contributed by atoms with Crippen LogP contribution in [0.25, 0.3) is 0 Å². The Hall–Kier alpha value is -3.77. The predicted molar refractivity (Wildman–Crippen MR) is 157 cm³/mol. The molecule has 2 N–H and O–H groups in total. The van der Waals surface area contributed by atoms with Gasteiger partial charge in [0.25, 0.3) is 0 Å². The van der Waals surface area contributed by atoms with E-state index in [2.05, 4.69) is 10.6 Å². The third-order valence-electron chi connectivity index (χ3n) is 8.17. The molecule has 0 saturated carbocycles. The van der Waals surface area contributed by atoms with E-state index in [4.69, 9.17) is 4.84 Å². The zero-order chi connectivity index (χ0) is 29.6. The van der Waals surface area contributed by atoms with Gasteiger partial charge in [0.2, 0.25) is 17.7 Å². The molecule has 0 aromatic heterocycles. The van der Waals surface area contributed by atoms with E-state index in [9.17, 15) is 28.0 Å². The van der Waals surface area contributed by atoms with Crippen LogP contribution in [0.1, 0.15) is 38.5 Å². The Bertz CT molecular complexity index is 1320. The molecule has 0 aliphatic carbocycles. The molecule has 2 aromatic carbocycles. The summed E-state index contributed by atoms with van der Waals surface area (Å²) in [5, 5.41) is 7.00. The van der Waals surface area contributed by atoms with Crippen LogP contribution >= 0.6 is 12.4 Å². The molecule has 0 bridgehead atoms. The minimum atomic E-state index is -0.621. The van der Waals surface area contributed by atoms with E-state index in [0.717, 1.165) is 0 Å². The Labute approximate surface area is 255 Å². The zero-order valence-corrected chi connectivity index (χ0v) is 24.5. The van der Waals surface area contributed by atoms with Crippen molar-refractivity contribution in [1.29, 1.82) is 0 Å². The summed E-state index contributed by atoms with van der Waals surface area (Å²) in [5.74, 6) is -1.99. The Balaban J connectivity index is 0.00000423. The molecule has 3 saturated heterocycles. The van der Waals surface area contributed by atoms with Crippen molar-refractivity contribution in [3.63, 3.8) is 0 Å². The van der Waals surface area contributed by atoms with Crippen LogP contribution in [-0.4, -0.2) is 77.4 Å². The second-order valence-corrected chi connectivity index (χ2v) is 11.0. The van der Waals surface area contributed by atoms with Gasteiger partial charge < -0.3 is 20.4 Å². The normalized spacial score (nSPS) is 19.8. The number of amides is 4. The highest BCUT2D eigenvalue weighted by Crippen LogP contribution is 2.26.